The quantitative estimate of drug-likeness (QED) is 0.847. The van der Waals surface area contributed by atoms with Gasteiger partial charge in [-0.2, -0.15) is 0 Å². The minimum absolute atomic E-state index is 0.356. The third-order valence-corrected chi connectivity index (χ3v) is 4.99. The zero-order chi connectivity index (χ0) is 14.0. The van der Waals surface area contributed by atoms with E-state index in [1.807, 2.05) is 0 Å². The molecule has 1 aromatic carbocycles. The van der Waals surface area contributed by atoms with E-state index >= 15 is 0 Å². The van der Waals surface area contributed by atoms with Gasteiger partial charge in [-0.05, 0) is 24.5 Å². The summed E-state index contributed by atoms with van der Waals surface area (Å²) < 4.78 is 0. The summed E-state index contributed by atoms with van der Waals surface area (Å²) in [6, 6.07) is 9.27. The van der Waals surface area contributed by atoms with Crippen LogP contribution in [0.3, 0.4) is 0 Å². The van der Waals surface area contributed by atoms with Crippen molar-refractivity contribution in [2.45, 2.75) is 51.7 Å². The Morgan fingerprint density at radius 1 is 1.21 bits per heavy atom. The van der Waals surface area contributed by atoms with Crippen LogP contribution in [0.2, 0.25) is 0 Å². The Hall–Kier alpha value is -0.860. The summed E-state index contributed by atoms with van der Waals surface area (Å²) in [5.41, 5.74) is 2.09. The maximum atomic E-state index is 11.0. The standard InChI is InChI=1S/C17H27NO/c1-5-15-6-8-16(9-7-15)11-17(19)10-14(3)18(4)12-13(17)2/h6-9,13-14,19H,5,10-12H2,1-4H3/p+1/t13-,14-,17+/m0/s1. The van der Waals surface area contributed by atoms with Crippen LogP contribution in [0, 0.1) is 5.92 Å². The average Bonchev–Trinajstić information content (AvgIpc) is 2.37. The van der Waals surface area contributed by atoms with Crippen molar-refractivity contribution < 1.29 is 10.0 Å². The second-order valence-electron chi connectivity index (χ2n) is 6.51. The predicted octanol–water partition coefficient (Wildman–Crippen LogP) is 1.47. The largest absolute Gasteiger partial charge is 0.389 e. The van der Waals surface area contributed by atoms with Gasteiger partial charge in [-0.3, -0.25) is 0 Å². The van der Waals surface area contributed by atoms with Crippen LogP contribution in [0.15, 0.2) is 24.3 Å². The van der Waals surface area contributed by atoms with Crippen molar-refractivity contribution in [3.63, 3.8) is 0 Å². The van der Waals surface area contributed by atoms with E-state index < -0.39 is 5.60 Å². The van der Waals surface area contributed by atoms with Crippen molar-refractivity contribution in [1.82, 2.24) is 0 Å². The molecule has 106 valence electrons. The maximum Gasteiger partial charge on any atom is 0.0872 e. The maximum absolute atomic E-state index is 11.0. The Bertz CT molecular complexity index is 414. The first kappa shape index (κ1) is 14.5. The highest BCUT2D eigenvalue weighted by Crippen LogP contribution is 2.29. The van der Waals surface area contributed by atoms with Crippen molar-refractivity contribution in [2.75, 3.05) is 13.6 Å². The summed E-state index contributed by atoms with van der Waals surface area (Å²) in [5, 5.41) is 11.0. The number of likely N-dealkylation sites (tertiary alicyclic amines) is 1. The van der Waals surface area contributed by atoms with Crippen molar-refractivity contribution in [3.05, 3.63) is 35.4 Å². The number of piperidine rings is 1. The lowest BCUT2D eigenvalue weighted by atomic mass is 9.75. The molecular weight excluding hydrogens is 234 g/mol. The van der Waals surface area contributed by atoms with Crippen molar-refractivity contribution >= 4 is 0 Å². The molecule has 2 heteroatoms. The average molecular weight is 262 g/mol. The molecule has 0 aliphatic carbocycles. The fraction of sp³-hybridized carbons (Fsp3) is 0.647. The van der Waals surface area contributed by atoms with Gasteiger partial charge in [-0.1, -0.05) is 38.1 Å². The molecule has 2 rings (SSSR count). The fourth-order valence-corrected chi connectivity index (χ4v) is 3.27. The lowest BCUT2D eigenvalue weighted by Crippen LogP contribution is -3.15. The van der Waals surface area contributed by atoms with E-state index in [9.17, 15) is 5.11 Å². The van der Waals surface area contributed by atoms with Crippen LogP contribution >= 0.6 is 0 Å². The Labute approximate surface area is 117 Å². The molecule has 0 saturated carbocycles. The molecule has 1 heterocycles. The highest BCUT2D eigenvalue weighted by atomic mass is 16.3. The first-order valence-electron chi connectivity index (χ1n) is 7.57. The normalized spacial score (nSPS) is 35.3. The third kappa shape index (κ3) is 3.18. The minimum atomic E-state index is -0.535. The Morgan fingerprint density at radius 2 is 1.79 bits per heavy atom. The van der Waals surface area contributed by atoms with Gasteiger partial charge in [0.15, 0.2) is 0 Å². The number of nitrogens with one attached hydrogen (secondary N) is 1. The van der Waals surface area contributed by atoms with E-state index in [1.54, 1.807) is 4.90 Å². The van der Waals surface area contributed by atoms with Crippen LogP contribution in [0.1, 0.15) is 38.3 Å². The van der Waals surface area contributed by atoms with Gasteiger partial charge in [0.05, 0.1) is 25.2 Å². The van der Waals surface area contributed by atoms with Gasteiger partial charge in [0.2, 0.25) is 0 Å². The molecular formula is C17H28NO+. The van der Waals surface area contributed by atoms with Crippen LogP contribution in [0.4, 0.5) is 0 Å². The molecule has 1 unspecified atom stereocenters. The molecule has 4 atom stereocenters. The summed E-state index contributed by atoms with van der Waals surface area (Å²) >= 11 is 0. The summed E-state index contributed by atoms with van der Waals surface area (Å²) in [6.45, 7) is 7.67. The van der Waals surface area contributed by atoms with Gasteiger partial charge in [-0.15, -0.1) is 0 Å². The van der Waals surface area contributed by atoms with Gasteiger partial charge in [0, 0.05) is 18.8 Å². The Kier molecular flexibility index (Phi) is 4.32. The molecule has 0 amide bonds. The molecule has 1 aliphatic heterocycles. The zero-order valence-corrected chi connectivity index (χ0v) is 12.7. The number of rotatable bonds is 3. The number of quaternary nitrogens is 1. The summed E-state index contributed by atoms with van der Waals surface area (Å²) in [7, 11) is 2.23. The van der Waals surface area contributed by atoms with E-state index in [1.165, 1.54) is 11.1 Å². The van der Waals surface area contributed by atoms with Crippen molar-refractivity contribution in [3.8, 4) is 0 Å². The summed E-state index contributed by atoms with van der Waals surface area (Å²) in [5.74, 6) is 0.356. The monoisotopic (exact) mass is 262 g/mol. The SMILES string of the molecule is CCc1ccc(C[C@]2(O)C[C@H](C)[NH+](C)C[C@@H]2C)cc1. The highest BCUT2D eigenvalue weighted by Gasteiger charge is 2.43. The van der Waals surface area contributed by atoms with E-state index in [0.717, 1.165) is 25.8 Å². The predicted molar refractivity (Wildman–Crippen MR) is 79.5 cm³/mol. The Balaban J connectivity index is 2.11. The first-order chi connectivity index (χ1) is 8.94. The van der Waals surface area contributed by atoms with Gasteiger partial charge < -0.3 is 10.0 Å². The highest BCUT2D eigenvalue weighted by molar-refractivity contribution is 5.24. The molecule has 0 bridgehead atoms. The van der Waals surface area contributed by atoms with Crippen LogP contribution in [0.25, 0.3) is 0 Å². The molecule has 1 aromatic rings. The zero-order valence-electron chi connectivity index (χ0n) is 12.7. The minimum Gasteiger partial charge on any atom is -0.389 e. The number of aryl methyl sites for hydroxylation is 1. The van der Waals surface area contributed by atoms with Crippen LogP contribution in [-0.4, -0.2) is 30.3 Å². The van der Waals surface area contributed by atoms with E-state index in [0.29, 0.717) is 12.0 Å². The number of aliphatic hydroxyl groups is 1. The Morgan fingerprint density at radius 3 is 2.37 bits per heavy atom. The molecule has 0 spiro atoms. The van der Waals surface area contributed by atoms with Gasteiger partial charge in [-0.25, -0.2) is 0 Å². The van der Waals surface area contributed by atoms with Gasteiger partial charge in [0.25, 0.3) is 0 Å². The fourth-order valence-electron chi connectivity index (χ4n) is 3.27. The molecule has 19 heavy (non-hydrogen) atoms. The van der Waals surface area contributed by atoms with Gasteiger partial charge in [0.1, 0.15) is 0 Å². The topological polar surface area (TPSA) is 24.7 Å². The van der Waals surface area contributed by atoms with Crippen molar-refractivity contribution in [2.24, 2.45) is 5.92 Å². The molecule has 1 aliphatic rings. The number of hydrogen-bond acceptors (Lipinski definition) is 1. The second kappa shape index (κ2) is 5.64. The smallest absolute Gasteiger partial charge is 0.0872 e. The molecule has 1 fully saturated rings. The first-order valence-corrected chi connectivity index (χ1v) is 7.57. The lowest BCUT2D eigenvalue weighted by molar-refractivity contribution is -0.916. The molecule has 0 aromatic heterocycles. The van der Waals surface area contributed by atoms with E-state index in [2.05, 4.69) is 52.1 Å². The van der Waals surface area contributed by atoms with Crippen LogP contribution in [0.5, 0.6) is 0 Å². The molecule has 2 N–H and O–H groups in total. The summed E-state index contributed by atoms with van der Waals surface area (Å²) in [4.78, 5) is 1.54. The van der Waals surface area contributed by atoms with Gasteiger partial charge >= 0.3 is 0 Å². The second-order valence-corrected chi connectivity index (χ2v) is 6.51. The van der Waals surface area contributed by atoms with Crippen LogP contribution < -0.4 is 4.90 Å². The molecule has 2 nitrogen and oxygen atoms in total. The third-order valence-electron chi connectivity index (χ3n) is 4.99. The molecule has 1 saturated heterocycles. The van der Waals surface area contributed by atoms with E-state index in [4.69, 9.17) is 0 Å². The lowest BCUT2D eigenvalue weighted by Gasteiger charge is -2.43. The van der Waals surface area contributed by atoms with E-state index in [-0.39, 0.29) is 0 Å². The number of hydrogen-bond donors (Lipinski definition) is 2. The molecule has 0 radical (unpaired) electrons. The number of benzene rings is 1. The summed E-state index contributed by atoms with van der Waals surface area (Å²) in [6.07, 6.45) is 2.76. The van der Waals surface area contributed by atoms with Crippen LogP contribution in [-0.2, 0) is 12.8 Å². The van der Waals surface area contributed by atoms with Crippen molar-refractivity contribution in [1.29, 1.82) is 0 Å².